The maximum atomic E-state index is 6.05. The molecule has 0 bridgehead atoms. The van der Waals surface area contributed by atoms with Crippen molar-refractivity contribution in [2.75, 3.05) is 11.2 Å². The molecule has 0 saturated heterocycles. The third-order valence-electron chi connectivity index (χ3n) is 3.14. The van der Waals surface area contributed by atoms with Gasteiger partial charge in [0, 0.05) is 18.7 Å². The number of aromatic nitrogens is 4. The van der Waals surface area contributed by atoms with E-state index in [-0.39, 0.29) is 6.04 Å². The molecule has 0 unspecified atom stereocenters. The summed E-state index contributed by atoms with van der Waals surface area (Å²) < 4.78 is 1.99. The fourth-order valence-corrected chi connectivity index (χ4v) is 2.35. The van der Waals surface area contributed by atoms with Gasteiger partial charge in [0.1, 0.15) is 22.4 Å². The van der Waals surface area contributed by atoms with Gasteiger partial charge in [0.05, 0.1) is 5.52 Å². The van der Waals surface area contributed by atoms with Crippen LogP contribution < -0.4 is 11.2 Å². The number of pyridine rings is 2. The number of fused-ring (bicyclic) bond motifs is 3. The number of nitrogen functional groups attached to an aromatic ring is 1. The van der Waals surface area contributed by atoms with Gasteiger partial charge in [-0.1, -0.05) is 6.92 Å². The predicted octanol–water partition coefficient (Wildman–Crippen LogP) is 2.08. The molecule has 0 aliphatic rings. The molecule has 0 aliphatic heterocycles. The van der Waals surface area contributed by atoms with Crippen molar-refractivity contribution in [1.29, 1.82) is 0 Å². The molecule has 3 heterocycles. The fourth-order valence-electron chi connectivity index (χ4n) is 2.35. The van der Waals surface area contributed by atoms with Crippen LogP contribution in [0.4, 0.5) is 5.82 Å². The fraction of sp³-hybridized carbons (Fsp3) is 0.357. The second kappa shape index (κ2) is 4.63. The van der Waals surface area contributed by atoms with Gasteiger partial charge in [0.15, 0.2) is 5.82 Å². The van der Waals surface area contributed by atoms with Gasteiger partial charge in [-0.3, -0.25) is 4.98 Å². The van der Waals surface area contributed by atoms with Crippen LogP contribution in [0.3, 0.4) is 0 Å². The molecule has 6 nitrogen and oxygen atoms in total. The third-order valence-corrected chi connectivity index (χ3v) is 3.14. The van der Waals surface area contributed by atoms with Crippen molar-refractivity contribution in [2.45, 2.75) is 33.2 Å². The van der Waals surface area contributed by atoms with Crippen LogP contribution in [0, 0.1) is 0 Å². The maximum Gasteiger partial charge on any atom is 0.152 e. The van der Waals surface area contributed by atoms with E-state index >= 15 is 0 Å². The zero-order valence-corrected chi connectivity index (χ0v) is 11.9. The lowest BCUT2D eigenvalue weighted by Crippen LogP contribution is -2.24. The van der Waals surface area contributed by atoms with Crippen molar-refractivity contribution < 1.29 is 0 Å². The average Bonchev–Trinajstić information content (AvgIpc) is 2.78. The molecule has 0 saturated carbocycles. The van der Waals surface area contributed by atoms with Gasteiger partial charge in [-0.25, -0.2) is 14.6 Å². The van der Waals surface area contributed by atoms with E-state index in [0.717, 1.165) is 28.8 Å². The van der Waals surface area contributed by atoms with Gasteiger partial charge in [0.2, 0.25) is 0 Å². The number of hydrogen-bond acceptors (Lipinski definition) is 5. The smallest absolute Gasteiger partial charge is 0.152 e. The van der Waals surface area contributed by atoms with E-state index in [1.165, 1.54) is 0 Å². The predicted molar refractivity (Wildman–Crippen MR) is 81.1 cm³/mol. The van der Waals surface area contributed by atoms with Gasteiger partial charge in [-0.15, -0.1) is 0 Å². The van der Waals surface area contributed by atoms with Crippen LogP contribution in [-0.2, 0) is 6.42 Å². The number of nitrogens with one attached hydrogen (secondary N) is 1. The van der Waals surface area contributed by atoms with Crippen LogP contribution >= 0.6 is 0 Å². The molecule has 104 valence electrons. The SMILES string of the molecule is CCc1nc2c(N)nc3cccnc3c2n1NC(C)C. The lowest BCUT2D eigenvalue weighted by molar-refractivity contribution is 0.715. The summed E-state index contributed by atoms with van der Waals surface area (Å²) in [5, 5.41) is 0. The first kappa shape index (κ1) is 12.7. The molecule has 0 amide bonds. The number of imidazole rings is 1. The quantitative estimate of drug-likeness (QED) is 0.761. The van der Waals surface area contributed by atoms with Crippen molar-refractivity contribution in [2.24, 2.45) is 0 Å². The second-order valence-electron chi connectivity index (χ2n) is 5.07. The number of hydrogen-bond donors (Lipinski definition) is 2. The summed E-state index contributed by atoms with van der Waals surface area (Å²) >= 11 is 0. The average molecular weight is 270 g/mol. The minimum atomic E-state index is 0.283. The molecule has 0 aromatic carbocycles. The van der Waals surface area contributed by atoms with Crippen LogP contribution in [0.15, 0.2) is 18.3 Å². The highest BCUT2D eigenvalue weighted by molar-refractivity contribution is 6.04. The second-order valence-corrected chi connectivity index (χ2v) is 5.07. The third kappa shape index (κ3) is 1.84. The summed E-state index contributed by atoms with van der Waals surface area (Å²) in [6, 6.07) is 4.06. The molecule has 3 aromatic heterocycles. The van der Waals surface area contributed by atoms with Crippen molar-refractivity contribution in [3.8, 4) is 0 Å². The van der Waals surface area contributed by atoms with Gasteiger partial charge in [0.25, 0.3) is 0 Å². The van der Waals surface area contributed by atoms with E-state index in [4.69, 9.17) is 5.73 Å². The van der Waals surface area contributed by atoms with E-state index in [1.54, 1.807) is 6.20 Å². The zero-order valence-electron chi connectivity index (χ0n) is 11.9. The van der Waals surface area contributed by atoms with Crippen molar-refractivity contribution >= 4 is 27.9 Å². The molecule has 3 aromatic rings. The summed E-state index contributed by atoms with van der Waals surface area (Å²) in [5.41, 5.74) is 12.7. The molecule has 0 fully saturated rings. The topological polar surface area (TPSA) is 81.7 Å². The van der Waals surface area contributed by atoms with Crippen molar-refractivity contribution in [3.05, 3.63) is 24.2 Å². The molecule has 0 spiro atoms. The first-order valence-corrected chi connectivity index (χ1v) is 6.80. The molecule has 3 rings (SSSR count). The lowest BCUT2D eigenvalue weighted by atomic mass is 10.3. The number of nitrogens with two attached hydrogens (primary N) is 1. The molecule has 0 radical (unpaired) electrons. The van der Waals surface area contributed by atoms with Gasteiger partial charge >= 0.3 is 0 Å². The number of aryl methyl sites for hydroxylation is 1. The Bertz CT molecular complexity index is 774. The van der Waals surface area contributed by atoms with E-state index in [9.17, 15) is 0 Å². The summed E-state index contributed by atoms with van der Waals surface area (Å²) in [4.78, 5) is 13.4. The van der Waals surface area contributed by atoms with Gasteiger partial charge in [-0.2, -0.15) is 0 Å². The lowest BCUT2D eigenvalue weighted by Gasteiger charge is -2.15. The Morgan fingerprint density at radius 3 is 2.80 bits per heavy atom. The van der Waals surface area contributed by atoms with Gasteiger partial charge in [-0.05, 0) is 26.0 Å². The summed E-state index contributed by atoms with van der Waals surface area (Å²) in [6.45, 7) is 6.25. The maximum absolute atomic E-state index is 6.05. The van der Waals surface area contributed by atoms with Crippen LogP contribution in [0.2, 0.25) is 0 Å². The minimum absolute atomic E-state index is 0.283. The Labute approximate surface area is 117 Å². The molecular formula is C14H18N6. The Morgan fingerprint density at radius 2 is 2.10 bits per heavy atom. The van der Waals surface area contributed by atoms with Crippen LogP contribution in [-0.4, -0.2) is 25.7 Å². The highest BCUT2D eigenvalue weighted by Crippen LogP contribution is 2.26. The first-order chi connectivity index (χ1) is 9.61. The summed E-state index contributed by atoms with van der Waals surface area (Å²) in [5.74, 6) is 1.37. The minimum Gasteiger partial charge on any atom is -0.382 e. The first-order valence-electron chi connectivity index (χ1n) is 6.80. The molecule has 20 heavy (non-hydrogen) atoms. The molecule has 3 N–H and O–H groups in total. The summed E-state index contributed by atoms with van der Waals surface area (Å²) in [6.07, 6.45) is 2.57. The Morgan fingerprint density at radius 1 is 1.30 bits per heavy atom. The largest absolute Gasteiger partial charge is 0.382 e. The van der Waals surface area contributed by atoms with E-state index in [1.807, 2.05) is 16.8 Å². The van der Waals surface area contributed by atoms with Crippen molar-refractivity contribution in [1.82, 2.24) is 19.6 Å². The van der Waals surface area contributed by atoms with E-state index < -0.39 is 0 Å². The Balaban J connectivity index is 2.44. The molecule has 0 aliphatic carbocycles. The normalized spacial score (nSPS) is 11.6. The van der Waals surface area contributed by atoms with E-state index in [0.29, 0.717) is 11.3 Å². The van der Waals surface area contributed by atoms with Crippen LogP contribution in [0.5, 0.6) is 0 Å². The molecule has 0 atom stereocenters. The zero-order chi connectivity index (χ0) is 14.3. The molecular weight excluding hydrogens is 252 g/mol. The van der Waals surface area contributed by atoms with E-state index in [2.05, 4.69) is 41.1 Å². The van der Waals surface area contributed by atoms with Crippen LogP contribution in [0.25, 0.3) is 22.1 Å². The Kier molecular flexibility index (Phi) is 2.93. The standard InChI is InChI=1S/C14H18N6/c1-4-10-18-12-13(20(10)19-8(2)3)11-9(17-14(12)15)6-5-7-16-11/h5-8,19H,4H2,1-3H3,(H2,15,17). The van der Waals surface area contributed by atoms with Crippen LogP contribution in [0.1, 0.15) is 26.6 Å². The summed E-state index contributed by atoms with van der Waals surface area (Å²) in [7, 11) is 0. The Hall–Kier alpha value is -2.37. The highest BCUT2D eigenvalue weighted by atomic mass is 15.4. The van der Waals surface area contributed by atoms with Gasteiger partial charge < -0.3 is 11.2 Å². The highest BCUT2D eigenvalue weighted by Gasteiger charge is 2.17. The molecule has 6 heteroatoms. The number of nitrogens with zero attached hydrogens (tertiary/aromatic N) is 4. The number of anilines is 1. The number of rotatable bonds is 3. The van der Waals surface area contributed by atoms with Crippen molar-refractivity contribution in [3.63, 3.8) is 0 Å². The monoisotopic (exact) mass is 270 g/mol.